The molecule has 138 valence electrons. The Kier molecular flexibility index (Phi) is 5.36. The van der Waals surface area contributed by atoms with Gasteiger partial charge in [-0.25, -0.2) is 9.97 Å². The molecule has 1 aliphatic rings. The van der Waals surface area contributed by atoms with Crippen molar-refractivity contribution in [2.24, 2.45) is 0 Å². The molecule has 3 rings (SSSR count). The van der Waals surface area contributed by atoms with Gasteiger partial charge >= 0.3 is 6.36 Å². The largest absolute Gasteiger partial charge is 0.573 e. The fraction of sp³-hybridized carbons (Fsp3) is 0.353. The van der Waals surface area contributed by atoms with Gasteiger partial charge in [0, 0.05) is 5.56 Å². The SMILES string of the molecule is O=C(NCc1cc(-c2ccc(OC(F)(F)F)cc2)ncn1)C1CCCN1. The second-order valence-electron chi connectivity index (χ2n) is 5.83. The molecule has 0 aliphatic carbocycles. The van der Waals surface area contributed by atoms with Gasteiger partial charge in [0.25, 0.3) is 0 Å². The van der Waals surface area contributed by atoms with E-state index < -0.39 is 6.36 Å². The zero-order chi connectivity index (χ0) is 18.6. The van der Waals surface area contributed by atoms with Crippen molar-refractivity contribution in [3.05, 3.63) is 42.4 Å². The summed E-state index contributed by atoms with van der Waals surface area (Å²) < 4.78 is 40.4. The van der Waals surface area contributed by atoms with E-state index in [2.05, 4.69) is 25.3 Å². The van der Waals surface area contributed by atoms with Gasteiger partial charge in [-0.15, -0.1) is 13.2 Å². The third-order valence-corrected chi connectivity index (χ3v) is 3.93. The number of carbonyl (C=O) groups excluding carboxylic acids is 1. The van der Waals surface area contributed by atoms with Gasteiger partial charge in [-0.05, 0) is 49.7 Å². The minimum absolute atomic E-state index is 0.0729. The van der Waals surface area contributed by atoms with Gasteiger partial charge in [0.15, 0.2) is 0 Å². The van der Waals surface area contributed by atoms with E-state index in [4.69, 9.17) is 0 Å². The quantitative estimate of drug-likeness (QED) is 0.850. The van der Waals surface area contributed by atoms with E-state index in [0.29, 0.717) is 17.0 Å². The first-order valence-electron chi connectivity index (χ1n) is 8.09. The standard InChI is InChI=1S/C17H17F3N4O2/c18-17(19,20)26-13-5-3-11(4-6-13)15-8-12(23-10-24-15)9-22-16(25)14-2-1-7-21-14/h3-6,8,10,14,21H,1-2,7,9H2,(H,22,25). The van der Waals surface area contributed by atoms with E-state index in [0.717, 1.165) is 19.4 Å². The molecule has 1 fully saturated rings. The highest BCUT2D eigenvalue weighted by Gasteiger charge is 2.31. The van der Waals surface area contributed by atoms with E-state index >= 15 is 0 Å². The maximum atomic E-state index is 12.2. The molecular weight excluding hydrogens is 349 g/mol. The second-order valence-corrected chi connectivity index (χ2v) is 5.83. The summed E-state index contributed by atoms with van der Waals surface area (Å²) in [6.45, 7) is 1.09. The molecule has 9 heteroatoms. The molecule has 0 spiro atoms. The maximum absolute atomic E-state index is 12.2. The van der Waals surface area contributed by atoms with E-state index in [1.165, 1.54) is 30.6 Å². The van der Waals surface area contributed by atoms with Crippen molar-refractivity contribution >= 4 is 5.91 Å². The van der Waals surface area contributed by atoms with Gasteiger partial charge in [0.05, 0.1) is 24.0 Å². The molecule has 1 saturated heterocycles. The molecule has 0 bridgehead atoms. The first-order valence-corrected chi connectivity index (χ1v) is 8.09. The monoisotopic (exact) mass is 366 g/mol. The lowest BCUT2D eigenvalue weighted by Gasteiger charge is -2.11. The number of halogens is 3. The van der Waals surface area contributed by atoms with Gasteiger partial charge in [-0.2, -0.15) is 0 Å². The molecule has 0 radical (unpaired) electrons. The van der Waals surface area contributed by atoms with Crippen LogP contribution in [0.1, 0.15) is 18.5 Å². The Hall–Kier alpha value is -2.68. The van der Waals surface area contributed by atoms with E-state index in [1.807, 2.05) is 0 Å². The van der Waals surface area contributed by atoms with Crippen LogP contribution < -0.4 is 15.4 Å². The number of rotatable bonds is 5. The highest BCUT2D eigenvalue weighted by molar-refractivity contribution is 5.81. The number of nitrogens with one attached hydrogen (secondary N) is 2. The highest BCUT2D eigenvalue weighted by atomic mass is 19.4. The second kappa shape index (κ2) is 7.69. The van der Waals surface area contributed by atoms with Gasteiger partial charge in [0.1, 0.15) is 12.1 Å². The molecule has 2 N–H and O–H groups in total. The molecule has 26 heavy (non-hydrogen) atoms. The Morgan fingerprint density at radius 2 is 2.04 bits per heavy atom. The summed E-state index contributed by atoms with van der Waals surface area (Å²) in [5, 5.41) is 5.93. The number of aromatic nitrogens is 2. The molecule has 2 heterocycles. The van der Waals surface area contributed by atoms with Crippen molar-refractivity contribution in [3.8, 4) is 17.0 Å². The Morgan fingerprint density at radius 1 is 1.27 bits per heavy atom. The van der Waals surface area contributed by atoms with Crippen LogP contribution in [-0.2, 0) is 11.3 Å². The summed E-state index contributed by atoms with van der Waals surface area (Å²) >= 11 is 0. The Morgan fingerprint density at radius 3 is 2.69 bits per heavy atom. The normalized spacial score (nSPS) is 17.1. The zero-order valence-corrected chi connectivity index (χ0v) is 13.7. The maximum Gasteiger partial charge on any atom is 0.573 e. The van der Waals surface area contributed by atoms with Crippen LogP contribution in [0.25, 0.3) is 11.3 Å². The van der Waals surface area contributed by atoms with Crippen LogP contribution in [0, 0.1) is 0 Å². The number of benzene rings is 1. The van der Waals surface area contributed by atoms with Crippen LogP contribution in [0.2, 0.25) is 0 Å². The van der Waals surface area contributed by atoms with Crippen molar-refractivity contribution < 1.29 is 22.7 Å². The predicted molar refractivity (Wildman–Crippen MR) is 87.0 cm³/mol. The average molecular weight is 366 g/mol. The fourth-order valence-corrected chi connectivity index (χ4v) is 2.69. The van der Waals surface area contributed by atoms with Crippen LogP contribution in [-0.4, -0.2) is 34.8 Å². The Balaban J connectivity index is 1.64. The number of hydrogen-bond donors (Lipinski definition) is 2. The van der Waals surface area contributed by atoms with Crippen molar-refractivity contribution in [3.63, 3.8) is 0 Å². The Labute approximate surface area is 147 Å². The third kappa shape index (κ3) is 4.92. The van der Waals surface area contributed by atoms with Crippen molar-refractivity contribution in [1.29, 1.82) is 0 Å². The lowest BCUT2D eigenvalue weighted by Crippen LogP contribution is -2.40. The molecule has 1 aliphatic heterocycles. The number of ether oxygens (including phenoxy) is 1. The van der Waals surface area contributed by atoms with Gasteiger partial charge in [0.2, 0.25) is 5.91 Å². The van der Waals surface area contributed by atoms with Gasteiger partial charge in [-0.3, -0.25) is 4.79 Å². The molecule has 1 amide bonds. The van der Waals surface area contributed by atoms with Crippen molar-refractivity contribution in [2.75, 3.05) is 6.54 Å². The lowest BCUT2D eigenvalue weighted by molar-refractivity contribution is -0.274. The molecule has 1 aromatic carbocycles. The fourth-order valence-electron chi connectivity index (χ4n) is 2.69. The molecule has 0 saturated carbocycles. The number of amides is 1. The zero-order valence-electron chi connectivity index (χ0n) is 13.7. The van der Waals surface area contributed by atoms with Crippen LogP contribution in [0.4, 0.5) is 13.2 Å². The summed E-state index contributed by atoms with van der Waals surface area (Å²) in [7, 11) is 0. The topological polar surface area (TPSA) is 76.1 Å². The molecule has 1 atom stereocenters. The van der Waals surface area contributed by atoms with Crippen LogP contribution in [0.3, 0.4) is 0 Å². The predicted octanol–water partition coefficient (Wildman–Crippen LogP) is 2.41. The van der Waals surface area contributed by atoms with E-state index in [-0.39, 0.29) is 24.2 Å². The molecule has 1 unspecified atom stereocenters. The first kappa shape index (κ1) is 18.1. The molecule has 1 aromatic heterocycles. The summed E-state index contributed by atoms with van der Waals surface area (Å²) in [6.07, 6.45) is -1.59. The molecule has 6 nitrogen and oxygen atoms in total. The third-order valence-electron chi connectivity index (χ3n) is 3.93. The minimum atomic E-state index is -4.73. The smallest absolute Gasteiger partial charge is 0.406 e. The van der Waals surface area contributed by atoms with E-state index in [1.54, 1.807) is 6.07 Å². The van der Waals surface area contributed by atoms with Gasteiger partial charge < -0.3 is 15.4 Å². The number of nitrogens with zero attached hydrogens (tertiary/aromatic N) is 2. The van der Waals surface area contributed by atoms with Crippen LogP contribution in [0.5, 0.6) is 5.75 Å². The minimum Gasteiger partial charge on any atom is -0.406 e. The Bertz CT molecular complexity index is 759. The van der Waals surface area contributed by atoms with Crippen molar-refractivity contribution in [2.45, 2.75) is 31.8 Å². The number of alkyl halides is 3. The average Bonchev–Trinajstić information content (AvgIpc) is 3.14. The summed E-state index contributed by atoms with van der Waals surface area (Å²) in [6, 6.07) is 6.92. The van der Waals surface area contributed by atoms with Crippen LogP contribution in [0.15, 0.2) is 36.7 Å². The van der Waals surface area contributed by atoms with Crippen LogP contribution >= 0.6 is 0 Å². The molecule has 2 aromatic rings. The highest BCUT2D eigenvalue weighted by Crippen LogP contribution is 2.25. The van der Waals surface area contributed by atoms with Gasteiger partial charge in [-0.1, -0.05) is 0 Å². The lowest BCUT2D eigenvalue weighted by atomic mass is 10.1. The number of carbonyl (C=O) groups is 1. The first-order chi connectivity index (χ1) is 12.4. The van der Waals surface area contributed by atoms with Crippen molar-refractivity contribution in [1.82, 2.24) is 20.6 Å². The summed E-state index contributed by atoms with van der Waals surface area (Å²) in [5.41, 5.74) is 1.77. The number of hydrogen-bond acceptors (Lipinski definition) is 5. The van der Waals surface area contributed by atoms with E-state index in [9.17, 15) is 18.0 Å². The molecular formula is C17H17F3N4O2. The summed E-state index contributed by atoms with van der Waals surface area (Å²) in [4.78, 5) is 20.2. The summed E-state index contributed by atoms with van der Waals surface area (Å²) in [5.74, 6) is -0.372.